The van der Waals surface area contributed by atoms with Gasteiger partial charge in [0.2, 0.25) is 0 Å². The van der Waals surface area contributed by atoms with Gasteiger partial charge in [0.15, 0.2) is 0 Å². The van der Waals surface area contributed by atoms with Crippen molar-refractivity contribution in [3.05, 3.63) is 20.8 Å². The summed E-state index contributed by atoms with van der Waals surface area (Å²) in [6.45, 7) is 0.546. The summed E-state index contributed by atoms with van der Waals surface area (Å²) in [6.07, 6.45) is 0. The van der Waals surface area contributed by atoms with E-state index in [4.69, 9.17) is 4.74 Å². The maximum atomic E-state index is 11.2. The van der Waals surface area contributed by atoms with Crippen LogP contribution in [-0.4, -0.2) is 31.6 Å². The maximum Gasteiger partial charge on any atom is 0.260 e. The van der Waals surface area contributed by atoms with E-state index >= 15 is 0 Å². The molecule has 0 fully saturated rings. The Hall–Kier alpha value is -0.430. The molecule has 0 saturated heterocycles. The molecule has 1 rings (SSSR count). The minimum Gasteiger partial charge on any atom is -0.366 e. The van der Waals surface area contributed by atoms with E-state index in [1.54, 1.807) is 30.4 Å². The van der Waals surface area contributed by atoms with Gasteiger partial charge in [0.05, 0.1) is 10.4 Å². The van der Waals surface area contributed by atoms with Gasteiger partial charge in [-0.25, -0.2) is 5.01 Å². The molecule has 0 saturated carbocycles. The van der Waals surface area contributed by atoms with Gasteiger partial charge in [0.25, 0.3) is 5.91 Å². The van der Waals surface area contributed by atoms with E-state index in [2.05, 4.69) is 21.4 Å². The molecule has 15 heavy (non-hydrogen) atoms. The largest absolute Gasteiger partial charge is 0.366 e. The van der Waals surface area contributed by atoms with Gasteiger partial charge in [-0.05, 0) is 28.1 Å². The van der Waals surface area contributed by atoms with Crippen molar-refractivity contribution < 1.29 is 9.53 Å². The smallest absolute Gasteiger partial charge is 0.260 e. The average Bonchev–Trinajstić information content (AvgIpc) is 2.50. The van der Waals surface area contributed by atoms with E-state index in [0.717, 1.165) is 8.66 Å². The van der Waals surface area contributed by atoms with Crippen LogP contribution < -0.4 is 5.43 Å². The number of nitrogens with one attached hydrogen (secondary N) is 1. The Labute approximate surface area is 101 Å². The number of rotatable bonds is 5. The fraction of sp³-hybridized carbons (Fsp3) is 0.444. The predicted molar refractivity (Wildman–Crippen MR) is 63.5 cm³/mol. The molecule has 1 aromatic heterocycles. The summed E-state index contributed by atoms with van der Waals surface area (Å²) < 4.78 is 6.31. The van der Waals surface area contributed by atoms with E-state index in [1.165, 1.54) is 0 Å². The first kappa shape index (κ1) is 12.6. The van der Waals surface area contributed by atoms with E-state index in [1.807, 2.05) is 12.1 Å². The number of hydrogen-bond acceptors (Lipinski definition) is 4. The fourth-order valence-electron chi connectivity index (χ4n) is 0.955. The van der Waals surface area contributed by atoms with Crippen molar-refractivity contribution in [3.63, 3.8) is 0 Å². The molecule has 6 heteroatoms. The third-order valence-corrected chi connectivity index (χ3v) is 3.05. The molecule has 0 radical (unpaired) electrons. The van der Waals surface area contributed by atoms with Crippen LogP contribution in [0.4, 0.5) is 0 Å². The second-order valence-electron chi connectivity index (χ2n) is 3.13. The highest BCUT2D eigenvalue weighted by molar-refractivity contribution is 9.11. The van der Waals surface area contributed by atoms with Crippen LogP contribution >= 0.6 is 27.3 Å². The Morgan fingerprint density at radius 2 is 2.33 bits per heavy atom. The molecule has 4 nitrogen and oxygen atoms in total. The first-order chi connectivity index (χ1) is 7.08. The molecule has 0 aliphatic carbocycles. The highest BCUT2D eigenvalue weighted by atomic mass is 79.9. The zero-order chi connectivity index (χ0) is 11.3. The van der Waals surface area contributed by atoms with Crippen LogP contribution in [0.3, 0.4) is 0 Å². The molecule has 1 heterocycles. The van der Waals surface area contributed by atoms with Gasteiger partial charge < -0.3 is 4.74 Å². The SMILES string of the molecule is CN(C)NC(=O)COCc1ccc(Br)s1. The molecule has 0 aliphatic heterocycles. The van der Waals surface area contributed by atoms with Crippen molar-refractivity contribution in [1.29, 1.82) is 0 Å². The second kappa shape index (κ2) is 6.22. The number of halogens is 1. The van der Waals surface area contributed by atoms with E-state index in [0.29, 0.717) is 6.61 Å². The topological polar surface area (TPSA) is 41.6 Å². The first-order valence-corrected chi connectivity index (χ1v) is 5.97. The highest BCUT2D eigenvalue weighted by Crippen LogP contribution is 2.22. The number of thiophene rings is 1. The predicted octanol–water partition coefficient (Wildman–Crippen LogP) is 1.62. The molecule has 1 N–H and O–H groups in total. The monoisotopic (exact) mass is 292 g/mol. The van der Waals surface area contributed by atoms with Gasteiger partial charge in [0, 0.05) is 19.0 Å². The van der Waals surface area contributed by atoms with E-state index in [-0.39, 0.29) is 12.5 Å². The molecule has 0 spiro atoms. The molecule has 84 valence electrons. The van der Waals surface area contributed by atoms with Crippen molar-refractivity contribution in [1.82, 2.24) is 10.4 Å². The van der Waals surface area contributed by atoms with E-state index < -0.39 is 0 Å². The summed E-state index contributed by atoms with van der Waals surface area (Å²) in [6, 6.07) is 3.93. The van der Waals surface area contributed by atoms with Crippen molar-refractivity contribution in [2.75, 3.05) is 20.7 Å². The third kappa shape index (κ3) is 5.27. The van der Waals surface area contributed by atoms with Crippen molar-refractivity contribution in [2.45, 2.75) is 6.61 Å². The summed E-state index contributed by atoms with van der Waals surface area (Å²) >= 11 is 4.97. The Morgan fingerprint density at radius 1 is 1.60 bits per heavy atom. The second-order valence-corrected chi connectivity index (χ2v) is 5.68. The van der Waals surface area contributed by atoms with Crippen LogP contribution in [0.5, 0.6) is 0 Å². The Balaban J connectivity index is 2.19. The van der Waals surface area contributed by atoms with Crippen LogP contribution in [-0.2, 0) is 16.1 Å². The quantitative estimate of drug-likeness (QED) is 0.839. The van der Waals surface area contributed by atoms with Gasteiger partial charge in [0.1, 0.15) is 6.61 Å². The minimum absolute atomic E-state index is 0.0771. The summed E-state index contributed by atoms with van der Waals surface area (Å²) in [5.74, 6) is -0.143. The summed E-state index contributed by atoms with van der Waals surface area (Å²) in [5.41, 5.74) is 2.60. The number of carbonyl (C=O) groups is 1. The Morgan fingerprint density at radius 3 is 2.87 bits per heavy atom. The Bertz CT molecular complexity index is 328. The third-order valence-electron chi connectivity index (χ3n) is 1.45. The van der Waals surface area contributed by atoms with E-state index in [9.17, 15) is 4.79 Å². The lowest BCUT2D eigenvalue weighted by Gasteiger charge is -2.11. The van der Waals surface area contributed by atoms with Gasteiger partial charge in [-0.15, -0.1) is 11.3 Å². The number of nitrogens with zero attached hydrogens (tertiary/aromatic N) is 1. The van der Waals surface area contributed by atoms with Gasteiger partial charge in [-0.2, -0.15) is 0 Å². The summed E-state index contributed by atoms with van der Waals surface area (Å²) in [5, 5.41) is 1.59. The highest BCUT2D eigenvalue weighted by Gasteiger charge is 2.03. The minimum atomic E-state index is -0.143. The normalized spacial score (nSPS) is 10.7. The summed E-state index contributed by atoms with van der Waals surface area (Å²) in [4.78, 5) is 12.3. The number of ether oxygens (including phenoxy) is 1. The molecular formula is C9H13BrN2O2S. The lowest BCUT2D eigenvalue weighted by atomic mass is 10.5. The number of hydrazine groups is 1. The zero-order valence-electron chi connectivity index (χ0n) is 8.62. The molecule has 0 aromatic carbocycles. The molecule has 1 amide bonds. The lowest BCUT2D eigenvalue weighted by Crippen LogP contribution is -2.38. The average molecular weight is 293 g/mol. The van der Waals surface area contributed by atoms with Crippen LogP contribution in [0.1, 0.15) is 4.88 Å². The van der Waals surface area contributed by atoms with Crippen molar-refractivity contribution in [2.24, 2.45) is 0 Å². The molecule has 0 atom stereocenters. The van der Waals surface area contributed by atoms with Crippen molar-refractivity contribution in [3.8, 4) is 0 Å². The van der Waals surface area contributed by atoms with Crippen LogP contribution in [0.2, 0.25) is 0 Å². The van der Waals surface area contributed by atoms with Gasteiger partial charge >= 0.3 is 0 Å². The van der Waals surface area contributed by atoms with Crippen molar-refractivity contribution >= 4 is 33.2 Å². The summed E-state index contributed by atoms with van der Waals surface area (Å²) in [7, 11) is 3.52. The molecular weight excluding hydrogens is 280 g/mol. The van der Waals surface area contributed by atoms with Gasteiger partial charge in [-0.3, -0.25) is 10.2 Å². The Kier molecular flexibility index (Phi) is 5.24. The van der Waals surface area contributed by atoms with Gasteiger partial charge in [-0.1, -0.05) is 0 Å². The number of amides is 1. The molecule has 0 unspecified atom stereocenters. The number of carbonyl (C=O) groups excluding carboxylic acids is 1. The van der Waals surface area contributed by atoms with Crippen LogP contribution in [0.25, 0.3) is 0 Å². The fourth-order valence-corrected chi connectivity index (χ4v) is 2.38. The standard InChI is InChI=1S/C9H13BrN2O2S/c1-12(2)11-9(13)6-14-5-7-3-4-8(10)15-7/h3-4H,5-6H2,1-2H3,(H,11,13). The van der Waals surface area contributed by atoms with Crippen LogP contribution in [0, 0.1) is 0 Å². The lowest BCUT2D eigenvalue weighted by molar-refractivity contribution is -0.129. The number of hydrogen-bond donors (Lipinski definition) is 1. The maximum absolute atomic E-state index is 11.2. The molecule has 0 bridgehead atoms. The first-order valence-electron chi connectivity index (χ1n) is 4.36. The molecule has 1 aromatic rings. The molecule has 0 aliphatic rings. The van der Waals surface area contributed by atoms with Crippen LogP contribution in [0.15, 0.2) is 15.9 Å². The zero-order valence-corrected chi connectivity index (χ0v) is 11.0.